The maximum Gasteiger partial charge on any atom is 0.251 e. The molecule has 1 aromatic carbocycles. The average Bonchev–Trinajstić information content (AvgIpc) is 3.20. The van der Waals surface area contributed by atoms with E-state index in [-0.39, 0.29) is 5.91 Å². The molecule has 0 saturated heterocycles. The lowest BCUT2D eigenvalue weighted by Gasteiger charge is -2.04. The smallest absolute Gasteiger partial charge is 0.251 e. The van der Waals surface area contributed by atoms with Crippen LogP contribution in [-0.4, -0.2) is 27.2 Å². The molecule has 0 aliphatic heterocycles. The molecule has 2 aromatic heterocycles. The number of nitriles is 1. The number of nitrogens with zero attached hydrogens (tertiary/aromatic N) is 4. The van der Waals surface area contributed by atoms with Gasteiger partial charge in [-0.2, -0.15) is 10.4 Å². The molecule has 0 spiro atoms. The third-order valence-corrected chi connectivity index (χ3v) is 4.52. The van der Waals surface area contributed by atoms with Gasteiger partial charge in [-0.25, -0.2) is 9.67 Å². The fraction of sp³-hybridized carbons (Fsp3) is 0.222. The number of benzene rings is 1. The first-order valence-corrected chi connectivity index (χ1v) is 8.71. The van der Waals surface area contributed by atoms with Gasteiger partial charge in [-0.05, 0) is 38.1 Å². The van der Waals surface area contributed by atoms with Crippen LogP contribution >= 0.6 is 11.3 Å². The summed E-state index contributed by atoms with van der Waals surface area (Å²) in [4.78, 5) is 16.7. The summed E-state index contributed by atoms with van der Waals surface area (Å²) in [5.74, 6) is -0.189. The van der Waals surface area contributed by atoms with Crippen molar-refractivity contribution in [3.05, 3.63) is 63.9 Å². The predicted molar refractivity (Wildman–Crippen MR) is 95.9 cm³/mol. The van der Waals surface area contributed by atoms with E-state index in [9.17, 15) is 4.79 Å². The van der Waals surface area contributed by atoms with Crippen LogP contribution in [0.3, 0.4) is 0 Å². The van der Waals surface area contributed by atoms with E-state index in [1.807, 2.05) is 36.0 Å². The summed E-state index contributed by atoms with van der Waals surface area (Å²) in [5, 5.41) is 19.0. The van der Waals surface area contributed by atoms with Crippen molar-refractivity contribution < 1.29 is 4.79 Å². The van der Waals surface area contributed by atoms with Crippen LogP contribution < -0.4 is 5.32 Å². The summed E-state index contributed by atoms with van der Waals surface area (Å²) < 4.78 is 1.83. The topological polar surface area (TPSA) is 83.6 Å². The number of hydrogen-bond acceptors (Lipinski definition) is 5. The largest absolute Gasteiger partial charge is 0.352 e. The van der Waals surface area contributed by atoms with Crippen LogP contribution in [-0.2, 0) is 6.42 Å². The maximum absolute atomic E-state index is 12.1. The van der Waals surface area contributed by atoms with Crippen molar-refractivity contribution >= 4 is 17.2 Å². The highest BCUT2D eigenvalue weighted by atomic mass is 32.1. The van der Waals surface area contributed by atoms with Gasteiger partial charge in [0.1, 0.15) is 0 Å². The summed E-state index contributed by atoms with van der Waals surface area (Å²) in [5.41, 5.74) is 3.88. The molecule has 0 atom stereocenters. The van der Waals surface area contributed by atoms with Gasteiger partial charge in [0.05, 0.1) is 23.0 Å². The zero-order valence-corrected chi connectivity index (χ0v) is 14.8. The van der Waals surface area contributed by atoms with Crippen LogP contribution in [0.5, 0.6) is 0 Å². The number of aryl methyl sites for hydroxylation is 2. The van der Waals surface area contributed by atoms with Crippen molar-refractivity contribution in [2.75, 3.05) is 6.54 Å². The SMILES string of the molecule is Cc1cc(C)n(-c2nc(CCNC(=O)c3cccc(C#N)c3)cs2)n1. The standard InChI is InChI=1S/C18H17N5OS/c1-12-8-13(2)23(22-12)18-21-16(11-25-18)6-7-20-17(24)15-5-3-4-14(9-15)10-19/h3-5,8-9,11H,6-7H2,1-2H3,(H,20,24). The number of rotatable bonds is 5. The van der Waals surface area contributed by atoms with E-state index in [1.165, 1.54) is 11.3 Å². The molecule has 0 unspecified atom stereocenters. The van der Waals surface area contributed by atoms with Crippen LogP contribution in [0.1, 0.15) is 33.0 Å². The highest BCUT2D eigenvalue weighted by Gasteiger charge is 2.10. The summed E-state index contributed by atoms with van der Waals surface area (Å²) in [6.07, 6.45) is 0.638. The Kier molecular flexibility index (Phi) is 4.91. The molecule has 0 radical (unpaired) electrons. The lowest BCUT2D eigenvalue weighted by molar-refractivity contribution is 0.0954. The van der Waals surface area contributed by atoms with E-state index < -0.39 is 0 Å². The Labute approximate surface area is 149 Å². The van der Waals surface area contributed by atoms with Crippen LogP contribution in [0, 0.1) is 25.2 Å². The van der Waals surface area contributed by atoms with Gasteiger partial charge in [-0.1, -0.05) is 6.07 Å². The van der Waals surface area contributed by atoms with Gasteiger partial charge in [0.25, 0.3) is 5.91 Å². The number of nitrogens with one attached hydrogen (secondary N) is 1. The van der Waals surface area contributed by atoms with Gasteiger partial charge >= 0.3 is 0 Å². The zero-order valence-electron chi connectivity index (χ0n) is 14.0. The Balaban J connectivity index is 1.58. The molecule has 1 amide bonds. The fourth-order valence-corrected chi connectivity index (χ4v) is 3.33. The first-order valence-electron chi connectivity index (χ1n) is 7.83. The van der Waals surface area contributed by atoms with Crippen molar-refractivity contribution in [3.8, 4) is 11.2 Å². The number of hydrogen-bond donors (Lipinski definition) is 1. The van der Waals surface area contributed by atoms with E-state index >= 15 is 0 Å². The van der Waals surface area contributed by atoms with Crippen LogP contribution in [0.4, 0.5) is 0 Å². The molecule has 0 saturated carbocycles. The van der Waals surface area contributed by atoms with Gasteiger partial charge in [0.2, 0.25) is 5.13 Å². The molecular formula is C18H17N5OS. The van der Waals surface area contributed by atoms with Crippen molar-refractivity contribution in [3.63, 3.8) is 0 Å². The number of aromatic nitrogens is 3. The van der Waals surface area contributed by atoms with Gasteiger partial charge in [0, 0.05) is 29.6 Å². The van der Waals surface area contributed by atoms with Crippen molar-refractivity contribution in [1.29, 1.82) is 5.26 Å². The van der Waals surface area contributed by atoms with E-state index in [0.29, 0.717) is 24.1 Å². The monoisotopic (exact) mass is 351 g/mol. The van der Waals surface area contributed by atoms with E-state index in [4.69, 9.17) is 5.26 Å². The molecule has 2 heterocycles. The molecular weight excluding hydrogens is 334 g/mol. The minimum atomic E-state index is -0.189. The second kappa shape index (κ2) is 7.28. The lowest BCUT2D eigenvalue weighted by atomic mass is 10.1. The molecule has 126 valence electrons. The third-order valence-electron chi connectivity index (χ3n) is 3.65. The average molecular weight is 351 g/mol. The molecule has 0 fully saturated rings. The highest BCUT2D eigenvalue weighted by molar-refractivity contribution is 7.12. The van der Waals surface area contributed by atoms with Crippen molar-refractivity contribution in [2.45, 2.75) is 20.3 Å². The van der Waals surface area contributed by atoms with E-state index in [1.54, 1.807) is 24.3 Å². The quantitative estimate of drug-likeness (QED) is 0.766. The molecule has 25 heavy (non-hydrogen) atoms. The van der Waals surface area contributed by atoms with Crippen LogP contribution in [0.2, 0.25) is 0 Å². The Morgan fingerprint density at radius 1 is 1.36 bits per heavy atom. The number of carbonyl (C=O) groups is 1. The Morgan fingerprint density at radius 2 is 2.20 bits per heavy atom. The molecule has 3 aromatic rings. The minimum absolute atomic E-state index is 0.189. The van der Waals surface area contributed by atoms with Gasteiger partial charge in [0.15, 0.2) is 0 Å². The summed E-state index contributed by atoms with van der Waals surface area (Å²) in [7, 11) is 0. The molecule has 6 nitrogen and oxygen atoms in total. The Hall–Kier alpha value is -2.98. The molecule has 0 aliphatic rings. The summed E-state index contributed by atoms with van der Waals surface area (Å²) >= 11 is 1.53. The normalized spacial score (nSPS) is 10.4. The summed E-state index contributed by atoms with van der Waals surface area (Å²) in [6, 6.07) is 10.7. The Bertz CT molecular complexity index is 951. The van der Waals surface area contributed by atoms with Gasteiger partial charge in [-0.3, -0.25) is 4.79 Å². The number of amides is 1. The van der Waals surface area contributed by atoms with Crippen LogP contribution in [0.15, 0.2) is 35.7 Å². The predicted octanol–water partition coefficient (Wildman–Crippen LogP) is 2.79. The lowest BCUT2D eigenvalue weighted by Crippen LogP contribution is -2.25. The van der Waals surface area contributed by atoms with E-state index in [2.05, 4.69) is 15.4 Å². The van der Waals surface area contributed by atoms with E-state index in [0.717, 1.165) is 22.2 Å². The fourth-order valence-electron chi connectivity index (χ4n) is 2.47. The first kappa shape index (κ1) is 16.9. The zero-order chi connectivity index (χ0) is 17.8. The molecule has 1 N–H and O–H groups in total. The number of carbonyl (C=O) groups excluding carboxylic acids is 1. The second-order valence-electron chi connectivity index (χ2n) is 5.66. The second-order valence-corrected chi connectivity index (χ2v) is 6.50. The van der Waals surface area contributed by atoms with Gasteiger partial charge < -0.3 is 5.32 Å². The van der Waals surface area contributed by atoms with Crippen LogP contribution in [0.25, 0.3) is 5.13 Å². The third kappa shape index (κ3) is 3.92. The first-order chi connectivity index (χ1) is 12.1. The van der Waals surface area contributed by atoms with Crippen molar-refractivity contribution in [1.82, 2.24) is 20.1 Å². The summed E-state index contributed by atoms with van der Waals surface area (Å²) in [6.45, 7) is 4.43. The number of thiazole rings is 1. The highest BCUT2D eigenvalue weighted by Crippen LogP contribution is 2.17. The minimum Gasteiger partial charge on any atom is -0.352 e. The molecule has 0 bridgehead atoms. The van der Waals surface area contributed by atoms with Crippen molar-refractivity contribution in [2.24, 2.45) is 0 Å². The Morgan fingerprint density at radius 3 is 2.92 bits per heavy atom. The molecule has 0 aliphatic carbocycles. The maximum atomic E-state index is 12.1. The molecule has 3 rings (SSSR count). The molecule has 7 heteroatoms. The van der Waals surface area contributed by atoms with Gasteiger partial charge in [-0.15, -0.1) is 11.3 Å².